The van der Waals surface area contributed by atoms with Crippen LogP contribution in [0.3, 0.4) is 0 Å². The van der Waals surface area contributed by atoms with Crippen LogP contribution in [0.25, 0.3) is 5.69 Å². The van der Waals surface area contributed by atoms with Crippen LogP contribution in [0.15, 0.2) is 60.8 Å². The first-order valence-corrected chi connectivity index (χ1v) is 7.79. The third-order valence-electron chi connectivity index (χ3n) is 4.84. The van der Waals surface area contributed by atoms with Crippen LogP contribution in [-0.4, -0.2) is 17.6 Å². The van der Waals surface area contributed by atoms with E-state index in [0.717, 1.165) is 34.1 Å². The Morgan fingerprint density at radius 2 is 1.92 bits per heavy atom. The lowest BCUT2D eigenvalue weighted by Crippen LogP contribution is -2.47. The molecule has 2 N–H and O–H groups in total. The first-order valence-electron chi connectivity index (χ1n) is 7.79. The molecule has 1 unspecified atom stereocenters. The van der Waals surface area contributed by atoms with Gasteiger partial charge in [-0.1, -0.05) is 12.1 Å². The molecular formula is C19H15N3O2. The number of benzene rings is 2. The first-order chi connectivity index (χ1) is 11.7. The minimum Gasteiger partial charge on any atom is -0.497 e. The molecule has 1 amide bonds. The molecular weight excluding hydrogens is 302 g/mol. The predicted molar refractivity (Wildman–Crippen MR) is 91.8 cm³/mol. The van der Waals surface area contributed by atoms with Crippen LogP contribution in [0.4, 0.5) is 11.4 Å². The molecule has 3 aromatic rings. The number of fused-ring (bicyclic) bond motifs is 6. The summed E-state index contributed by atoms with van der Waals surface area (Å²) in [6, 6.07) is 17.6. The van der Waals surface area contributed by atoms with Crippen molar-refractivity contribution in [3.63, 3.8) is 0 Å². The second kappa shape index (κ2) is 4.41. The van der Waals surface area contributed by atoms with Crippen molar-refractivity contribution in [2.45, 2.75) is 5.54 Å². The summed E-state index contributed by atoms with van der Waals surface area (Å²) < 4.78 is 7.44. The molecule has 2 aliphatic heterocycles. The number of amides is 1. The third-order valence-corrected chi connectivity index (χ3v) is 4.84. The van der Waals surface area contributed by atoms with E-state index in [9.17, 15) is 4.79 Å². The van der Waals surface area contributed by atoms with Crippen molar-refractivity contribution < 1.29 is 9.53 Å². The van der Waals surface area contributed by atoms with Crippen LogP contribution in [0.1, 0.15) is 11.3 Å². The second-order valence-electron chi connectivity index (χ2n) is 6.02. The standard InChI is InChI=1S/C19H15N3O2/c1-24-12-8-9-14-13(11-12)19(18(23)20-14)17-7-4-10-22(17)16-6-3-2-5-15(16)21-19/h2-11,21H,1H3,(H,20,23). The van der Waals surface area contributed by atoms with Gasteiger partial charge in [0.2, 0.25) is 0 Å². The minimum atomic E-state index is -0.957. The van der Waals surface area contributed by atoms with E-state index in [0.29, 0.717) is 0 Å². The van der Waals surface area contributed by atoms with Gasteiger partial charge in [-0.15, -0.1) is 0 Å². The number of rotatable bonds is 1. The lowest BCUT2D eigenvalue weighted by Gasteiger charge is -2.36. The molecule has 5 nitrogen and oxygen atoms in total. The summed E-state index contributed by atoms with van der Waals surface area (Å²) in [4.78, 5) is 13.1. The van der Waals surface area contributed by atoms with Gasteiger partial charge in [0, 0.05) is 17.4 Å². The van der Waals surface area contributed by atoms with Crippen molar-refractivity contribution in [2.24, 2.45) is 0 Å². The summed E-state index contributed by atoms with van der Waals surface area (Å²) in [6.45, 7) is 0. The maximum atomic E-state index is 13.1. The monoisotopic (exact) mass is 317 g/mol. The quantitative estimate of drug-likeness (QED) is 0.725. The third kappa shape index (κ3) is 1.46. The van der Waals surface area contributed by atoms with Crippen molar-refractivity contribution in [3.05, 3.63) is 72.1 Å². The summed E-state index contributed by atoms with van der Waals surface area (Å²) in [5.74, 6) is 0.642. The van der Waals surface area contributed by atoms with Gasteiger partial charge in [0.1, 0.15) is 5.75 Å². The highest BCUT2D eigenvalue weighted by Crippen LogP contribution is 2.48. The van der Waals surface area contributed by atoms with Gasteiger partial charge in [-0.3, -0.25) is 4.79 Å². The molecule has 0 fully saturated rings. The smallest absolute Gasteiger partial charge is 0.261 e. The molecule has 5 heteroatoms. The summed E-state index contributed by atoms with van der Waals surface area (Å²) in [5.41, 5.74) is 3.58. The highest BCUT2D eigenvalue weighted by molar-refractivity contribution is 6.11. The lowest BCUT2D eigenvalue weighted by molar-refractivity contribution is -0.118. The van der Waals surface area contributed by atoms with Crippen molar-refractivity contribution >= 4 is 17.3 Å². The van der Waals surface area contributed by atoms with Crippen LogP contribution in [0, 0.1) is 0 Å². The van der Waals surface area contributed by atoms with Crippen LogP contribution >= 0.6 is 0 Å². The van der Waals surface area contributed by atoms with Gasteiger partial charge in [0.05, 0.1) is 24.2 Å². The van der Waals surface area contributed by atoms with Gasteiger partial charge in [0.25, 0.3) is 5.91 Å². The summed E-state index contributed by atoms with van der Waals surface area (Å²) >= 11 is 0. The molecule has 24 heavy (non-hydrogen) atoms. The van der Waals surface area contributed by atoms with Gasteiger partial charge in [-0.05, 0) is 42.5 Å². The SMILES string of the molecule is COc1ccc2c(c1)C1(Nc3ccccc3-n3cccc31)C(=O)N2. The molecule has 0 radical (unpaired) electrons. The first kappa shape index (κ1) is 13.2. The Labute approximate surface area is 138 Å². The molecule has 1 aromatic heterocycles. The van der Waals surface area contributed by atoms with Crippen molar-refractivity contribution in [2.75, 3.05) is 17.7 Å². The van der Waals surface area contributed by atoms with E-state index in [1.54, 1.807) is 7.11 Å². The van der Waals surface area contributed by atoms with Gasteiger partial charge in [0.15, 0.2) is 5.54 Å². The number of nitrogens with zero attached hydrogens (tertiary/aromatic N) is 1. The maximum absolute atomic E-state index is 13.1. The van der Waals surface area contributed by atoms with E-state index in [2.05, 4.69) is 15.2 Å². The summed E-state index contributed by atoms with van der Waals surface area (Å²) in [6.07, 6.45) is 1.99. The number of carbonyl (C=O) groups is 1. The van der Waals surface area contributed by atoms with E-state index in [1.807, 2.05) is 60.8 Å². The molecule has 118 valence electrons. The van der Waals surface area contributed by atoms with E-state index in [4.69, 9.17) is 4.74 Å². The molecule has 0 bridgehead atoms. The number of anilines is 2. The van der Waals surface area contributed by atoms with Gasteiger partial charge in [-0.25, -0.2) is 0 Å². The number of carbonyl (C=O) groups excluding carboxylic acids is 1. The highest BCUT2D eigenvalue weighted by atomic mass is 16.5. The number of hydrogen-bond acceptors (Lipinski definition) is 3. The molecule has 2 aliphatic rings. The normalized spacial score (nSPS) is 20.0. The zero-order valence-electron chi connectivity index (χ0n) is 13.0. The zero-order valence-corrected chi connectivity index (χ0v) is 13.0. The number of para-hydroxylation sites is 2. The fourth-order valence-corrected chi connectivity index (χ4v) is 3.74. The number of nitrogens with one attached hydrogen (secondary N) is 2. The molecule has 1 atom stereocenters. The van der Waals surface area contributed by atoms with Gasteiger partial charge >= 0.3 is 0 Å². The molecule has 3 heterocycles. The van der Waals surface area contributed by atoms with E-state index < -0.39 is 5.54 Å². The average molecular weight is 317 g/mol. The summed E-state index contributed by atoms with van der Waals surface area (Å²) in [7, 11) is 1.63. The lowest BCUT2D eigenvalue weighted by atomic mass is 9.85. The average Bonchev–Trinajstić information content (AvgIpc) is 3.20. The molecule has 0 aliphatic carbocycles. The van der Waals surface area contributed by atoms with Crippen LogP contribution in [0.5, 0.6) is 5.75 Å². The number of hydrogen-bond donors (Lipinski definition) is 2. The molecule has 1 spiro atoms. The van der Waals surface area contributed by atoms with Crippen molar-refractivity contribution in [3.8, 4) is 11.4 Å². The van der Waals surface area contributed by atoms with E-state index >= 15 is 0 Å². The number of aromatic nitrogens is 1. The molecule has 5 rings (SSSR count). The van der Waals surface area contributed by atoms with E-state index in [-0.39, 0.29) is 5.91 Å². The van der Waals surface area contributed by atoms with Crippen molar-refractivity contribution in [1.82, 2.24) is 4.57 Å². The Balaban J connectivity index is 1.83. The Hall–Kier alpha value is -3.21. The van der Waals surface area contributed by atoms with Crippen molar-refractivity contribution in [1.29, 1.82) is 0 Å². The largest absolute Gasteiger partial charge is 0.497 e. The number of ether oxygens (including phenoxy) is 1. The van der Waals surface area contributed by atoms with Crippen LogP contribution in [-0.2, 0) is 10.3 Å². The Kier molecular flexibility index (Phi) is 2.44. The van der Waals surface area contributed by atoms with Gasteiger partial charge < -0.3 is 19.9 Å². The van der Waals surface area contributed by atoms with Gasteiger partial charge in [-0.2, -0.15) is 0 Å². The second-order valence-corrected chi connectivity index (χ2v) is 6.02. The van der Waals surface area contributed by atoms with E-state index in [1.165, 1.54) is 0 Å². The fraction of sp³-hybridized carbons (Fsp3) is 0.105. The predicted octanol–water partition coefficient (Wildman–Crippen LogP) is 3.11. The zero-order chi connectivity index (χ0) is 16.3. The molecule has 0 saturated heterocycles. The molecule has 0 saturated carbocycles. The number of methoxy groups -OCH3 is 1. The Bertz CT molecular complexity index is 992. The Morgan fingerprint density at radius 3 is 2.79 bits per heavy atom. The van der Waals surface area contributed by atoms with Crippen LogP contribution < -0.4 is 15.4 Å². The topological polar surface area (TPSA) is 55.3 Å². The minimum absolute atomic E-state index is 0.0831. The fourth-order valence-electron chi connectivity index (χ4n) is 3.74. The highest BCUT2D eigenvalue weighted by Gasteiger charge is 2.52. The maximum Gasteiger partial charge on any atom is 0.261 e. The summed E-state index contributed by atoms with van der Waals surface area (Å²) in [5, 5.41) is 6.48. The van der Waals surface area contributed by atoms with Crippen LogP contribution in [0.2, 0.25) is 0 Å². The Morgan fingerprint density at radius 1 is 1.04 bits per heavy atom. The molecule has 2 aromatic carbocycles.